The predicted molar refractivity (Wildman–Crippen MR) is 114 cm³/mol. The summed E-state index contributed by atoms with van der Waals surface area (Å²) in [5.41, 5.74) is 2.85. The second-order valence-electron chi connectivity index (χ2n) is 6.66. The molecule has 0 aliphatic carbocycles. The van der Waals surface area contributed by atoms with E-state index in [0.717, 1.165) is 16.6 Å². The highest BCUT2D eigenvalue weighted by atomic mass is 32.2. The summed E-state index contributed by atoms with van der Waals surface area (Å²) < 4.78 is 10.7. The SMILES string of the molecule is CSc1nc(-c2ccco2)nc(C)c1C(=O)OCC(=O)c1c(C)[nH]c2ccccc12. The van der Waals surface area contributed by atoms with Gasteiger partial charge >= 0.3 is 5.97 Å². The van der Waals surface area contributed by atoms with Gasteiger partial charge in [0.05, 0.1) is 12.0 Å². The molecule has 0 fully saturated rings. The number of nitrogens with zero attached hydrogens (tertiary/aromatic N) is 2. The molecule has 152 valence electrons. The number of H-pyrrole nitrogens is 1. The lowest BCUT2D eigenvalue weighted by molar-refractivity contribution is 0.0469. The average Bonchev–Trinajstić information content (AvgIpc) is 3.38. The Bertz CT molecular complexity index is 1240. The standard InChI is InChI=1S/C22H19N3O4S/c1-12-18(14-7-4-5-8-15(14)23-12)16(26)11-29-22(27)19-13(2)24-20(25-21(19)30-3)17-9-6-10-28-17/h4-10,23H,11H2,1-3H3. The molecule has 0 radical (unpaired) electrons. The number of aromatic amines is 1. The van der Waals surface area contributed by atoms with Crippen LogP contribution in [0, 0.1) is 13.8 Å². The van der Waals surface area contributed by atoms with Crippen molar-refractivity contribution < 1.29 is 18.7 Å². The van der Waals surface area contributed by atoms with Crippen LogP contribution in [0.4, 0.5) is 0 Å². The molecule has 4 aromatic rings. The molecule has 1 aromatic carbocycles. The van der Waals surface area contributed by atoms with Crippen LogP contribution in [0.25, 0.3) is 22.5 Å². The smallest absolute Gasteiger partial charge is 0.343 e. The lowest BCUT2D eigenvalue weighted by Crippen LogP contribution is -2.17. The van der Waals surface area contributed by atoms with Crippen molar-refractivity contribution in [1.82, 2.24) is 15.0 Å². The first kappa shape index (κ1) is 19.9. The number of rotatable bonds is 6. The van der Waals surface area contributed by atoms with Crippen LogP contribution < -0.4 is 0 Å². The number of hydrogen-bond donors (Lipinski definition) is 1. The third kappa shape index (κ3) is 3.61. The first-order chi connectivity index (χ1) is 14.5. The van der Waals surface area contributed by atoms with Crippen molar-refractivity contribution in [2.45, 2.75) is 18.9 Å². The van der Waals surface area contributed by atoms with Gasteiger partial charge in [-0.25, -0.2) is 14.8 Å². The quantitative estimate of drug-likeness (QED) is 0.210. The molecule has 7 nitrogen and oxygen atoms in total. The van der Waals surface area contributed by atoms with Crippen molar-refractivity contribution in [2.24, 2.45) is 0 Å². The van der Waals surface area contributed by atoms with E-state index in [2.05, 4.69) is 15.0 Å². The van der Waals surface area contributed by atoms with E-state index in [1.807, 2.05) is 37.4 Å². The van der Waals surface area contributed by atoms with E-state index in [1.54, 1.807) is 19.1 Å². The number of aryl methyl sites for hydroxylation is 2. The van der Waals surface area contributed by atoms with E-state index in [1.165, 1.54) is 18.0 Å². The largest absolute Gasteiger partial charge is 0.461 e. The Morgan fingerprint density at radius 2 is 1.90 bits per heavy atom. The fourth-order valence-electron chi connectivity index (χ4n) is 3.36. The number of nitrogens with one attached hydrogen (secondary N) is 1. The van der Waals surface area contributed by atoms with E-state index >= 15 is 0 Å². The number of aromatic nitrogens is 3. The van der Waals surface area contributed by atoms with Crippen LogP contribution in [0.15, 0.2) is 52.1 Å². The first-order valence-corrected chi connectivity index (χ1v) is 10.5. The Kier molecular flexibility index (Phi) is 5.41. The molecule has 8 heteroatoms. The van der Waals surface area contributed by atoms with Gasteiger partial charge in [-0.15, -0.1) is 11.8 Å². The third-order valence-electron chi connectivity index (χ3n) is 4.70. The lowest BCUT2D eigenvalue weighted by atomic mass is 10.1. The van der Waals surface area contributed by atoms with Gasteiger partial charge in [0.1, 0.15) is 10.6 Å². The van der Waals surface area contributed by atoms with E-state index in [0.29, 0.717) is 27.9 Å². The number of benzene rings is 1. The Balaban J connectivity index is 1.57. The van der Waals surface area contributed by atoms with E-state index in [4.69, 9.17) is 9.15 Å². The van der Waals surface area contributed by atoms with Crippen LogP contribution in [-0.4, -0.2) is 39.6 Å². The van der Waals surface area contributed by atoms with Crippen molar-refractivity contribution in [3.8, 4) is 11.6 Å². The Morgan fingerprint density at radius 3 is 2.63 bits per heavy atom. The molecule has 0 unspecified atom stereocenters. The van der Waals surface area contributed by atoms with Crippen LogP contribution in [0.1, 0.15) is 32.1 Å². The number of thioether (sulfide) groups is 1. The average molecular weight is 421 g/mol. The van der Waals surface area contributed by atoms with Gasteiger partial charge in [-0.1, -0.05) is 18.2 Å². The molecule has 0 atom stereocenters. The van der Waals surface area contributed by atoms with E-state index in [9.17, 15) is 9.59 Å². The number of esters is 1. The highest BCUT2D eigenvalue weighted by molar-refractivity contribution is 7.98. The number of carbonyl (C=O) groups is 2. The number of para-hydroxylation sites is 1. The maximum atomic E-state index is 12.8. The number of ketones is 1. The summed E-state index contributed by atoms with van der Waals surface area (Å²) in [6, 6.07) is 11.0. The van der Waals surface area contributed by atoms with Crippen LogP contribution in [0.5, 0.6) is 0 Å². The second kappa shape index (κ2) is 8.16. The number of furan rings is 1. The van der Waals surface area contributed by atoms with Gasteiger partial charge in [-0.2, -0.15) is 0 Å². The number of Topliss-reactive ketones (excluding diaryl/α,β-unsaturated/α-hetero) is 1. The minimum Gasteiger partial charge on any atom is -0.461 e. The van der Waals surface area contributed by atoms with E-state index in [-0.39, 0.29) is 18.0 Å². The zero-order valence-corrected chi connectivity index (χ0v) is 17.5. The molecular formula is C22H19N3O4S. The summed E-state index contributed by atoms with van der Waals surface area (Å²) in [6.07, 6.45) is 3.35. The van der Waals surface area contributed by atoms with Crippen LogP contribution in [-0.2, 0) is 4.74 Å². The number of carbonyl (C=O) groups excluding carboxylic acids is 2. The molecule has 0 bridgehead atoms. The van der Waals surface area contributed by atoms with Gasteiger partial charge < -0.3 is 14.1 Å². The normalized spacial score (nSPS) is 11.0. The summed E-state index contributed by atoms with van der Waals surface area (Å²) in [7, 11) is 0. The van der Waals surface area contributed by atoms with Gasteiger partial charge in [-0.05, 0) is 38.3 Å². The minimum atomic E-state index is -0.631. The predicted octanol–water partition coefficient (Wildman–Crippen LogP) is 4.60. The van der Waals surface area contributed by atoms with Gasteiger partial charge in [0.2, 0.25) is 5.78 Å². The zero-order chi connectivity index (χ0) is 21.3. The Hall–Kier alpha value is -3.39. The highest BCUT2D eigenvalue weighted by Gasteiger charge is 2.23. The molecule has 0 saturated heterocycles. The molecule has 0 spiro atoms. The van der Waals surface area contributed by atoms with Gasteiger partial charge in [0.15, 0.2) is 18.2 Å². The van der Waals surface area contributed by atoms with Gasteiger partial charge in [0, 0.05) is 22.2 Å². The zero-order valence-electron chi connectivity index (χ0n) is 16.7. The molecule has 0 aliphatic rings. The highest BCUT2D eigenvalue weighted by Crippen LogP contribution is 2.26. The van der Waals surface area contributed by atoms with E-state index < -0.39 is 5.97 Å². The van der Waals surface area contributed by atoms with Crippen molar-refractivity contribution in [2.75, 3.05) is 12.9 Å². The maximum absolute atomic E-state index is 12.8. The minimum absolute atomic E-state index is 0.251. The summed E-state index contributed by atoms with van der Waals surface area (Å²) in [5, 5.41) is 1.28. The Morgan fingerprint density at radius 1 is 1.10 bits per heavy atom. The fraction of sp³-hybridized carbons (Fsp3) is 0.182. The van der Waals surface area contributed by atoms with Gasteiger partial charge in [-0.3, -0.25) is 4.79 Å². The number of ether oxygens (including phenoxy) is 1. The summed E-state index contributed by atoms with van der Waals surface area (Å²) in [6.45, 7) is 3.16. The first-order valence-electron chi connectivity index (χ1n) is 9.23. The van der Waals surface area contributed by atoms with Gasteiger partial charge in [0.25, 0.3) is 0 Å². The number of fused-ring (bicyclic) bond motifs is 1. The molecule has 3 aromatic heterocycles. The third-order valence-corrected chi connectivity index (χ3v) is 5.38. The molecule has 3 heterocycles. The second-order valence-corrected chi connectivity index (χ2v) is 7.46. The summed E-state index contributed by atoms with van der Waals surface area (Å²) in [4.78, 5) is 37.5. The molecule has 0 amide bonds. The molecular weight excluding hydrogens is 402 g/mol. The fourth-order valence-corrected chi connectivity index (χ4v) is 3.97. The lowest BCUT2D eigenvalue weighted by Gasteiger charge is -2.11. The number of hydrogen-bond acceptors (Lipinski definition) is 7. The molecule has 4 rings (SSSR count). The Labute approximate surface area is 176 Å². The van der Waals surface area contributed by atoms with Crippen LogP contribution >= 0.6 is 11.8 Å². The van der Waals surface area contributed by atoms with Crippen LogP contribution in [0.3, 0.4) is 0 Å². The monoisotopic (exact) mass is 421 g/mol. The van der Waals surface area contributed by atoms with Crippen molar-refractivity contribution in [1.29, 1.82) is 0 Å². The molecule has 1 N–H and O–H groups in total. The van der Waals surface area contributed by atoms with Crippen molar-refractivity contribution in [3.05, 3.63) is 65.2 Å². The van der Waals surface area contributed by atoms with Crippen molar-refractivity contribution >= 4 is 34.4 Å². The van der Waals surface area contributed by atoms with Crippen molar-refractivity contribution in [3.63, 3.8) is 0 Å². The topological polar surface area (TPSA) is 98.1 Å². The maximum Gasteiger partial charge on any atom is 0.343 e. The summed E-state index contributed by atoms with van der Waals surface area (Å²) in [5.74, 6) is 0.00525. The summed E-state index contributed by atoms with van der Waals surface area (Å²) >= 11 is 1.30. The molecule has 0 aliphatic heterocycles. The molecule has 30 heavy (non-hydrogen) atoms. The molecule has 0 saturated carbocycles. The van der Waals surface area contributed by atoms with Crippen LogP contribution in [0.2, 0.25) is 0 Å².